The normalized spacial score (nSPS) is 26.5. The minimum Gasteiger partial charge on any atom is -0.326 e. The van der Waals surface area contributed by atoms with Crippen molar-refractivity contribution in [3.63, 3.8) is 0 Å². The van der Waals surface area contributed by atoms with Gasteiger partial charge in [0, 0.05) is 19.1 Å². The van der Waals surface area contributed by atoms with Crippen LogP contribution in [-0.2, 0) is 0 Å². The third kappa shape index (κ3) is 4.12. The second kappa shape index (κ2) is 5.54. The number of alkyl halides is 3. The molecule has 1 heterocycles. The second-order valence-electron chi connectivity index (χ2n) is 5.20. The summed E-state index contributed by atoms with van der Waals surface area (Å²) in [5.41, 5.74) is 5.45. The molecule has 1 rings (SSSR count). The number of nitrogens with zero attached hydrogens (tertiary/aromatic N) is 2. The summed E-state index contributed by atoms with van der Waals surface area (Å²) < 4.78 is 38.5. The molecule has 102 valence electrons. The van der Waals surface area contributed by atoms with Crippen LogP contribution in [0.4, 0.5) is 13.2 Å². The van der Waals surface area contributed by atoms with Gasteiger partial charge >= 0.3 is 6.18 Å². The van der Waals surface area contributed by atoms with E-state index in [2.05, 4.69) is 4.90 Å². The number of likely N-dealkylation sites (N-methyl/N-ethyl adjacent to an activating group) is 1. The van der Waals surface area contributed by atoms with Gasteiger partial charge in [-0.2, -0.15) is 13.2 Å². The Morgan fingerprint density at radius 3 is 2.41 bits per heavy atom. The van der Waals surface area contributed by atoms with Crippen LogP contribution in [0, 0.1) is 5.92 Å². The van der Waals surface area contributed by atoms with Gasteiger partial charge < -0.3 is 10.6 Å². The highest BCUT2D eigenvalue weighted by atomic mass is 19.4. The minimum absolute atomic E-state index is 0.314. The summed E-state index contributed by atoms with van der Waals surface area (Å²) in [6.07, 6.45) is -3.29. The molecule has 3 atom stereocenters. The molecule has 0 saturated carbocycles. The van der Waals surface area contributed by atoms with E-state index in [0.29, 0.717) is 12.5 Å². The van der Waals surface area contributed by atoms with Crippen LogP contribution < -0.4 is 5.73 Å². The largest absolute Gasteiger partial charge is 0.405 e. The summed E-state index contributed by atoms with van der Waals surface area (Å²) in [6.45, 7) is 3.70. The summed E-state index contributed by atoms with van der Waals surface area (Å²) in [7, 11) is 3.51. The van der Waals surface area contributed by atoms with Crippen molar-refractivity contribution in [1.29, 1.82) is 0 Å². The van der Waals surface area contributed by atoms with E-state index in [4.69, 9.17) is 5.73 Å². The molecule has 0 aromatic carbocycles. The first-order chi connectivity index (χ1) is 7.71. The third-order valence-electron chi connectivity index (χ3n) is 3.34. The summed E-state index contributed by atoms with van der Waals surface area (Å²) in [5.74, 6) is 0.314. The Kier molecular flexibility index (Phi) is 4.80. The van der Waals surface area contributed by atoms with Crippen LogP contribution in [0.5, 0.6) is 0 Å². The highest BCUT2D eigenvalue weighted by Crippen LogP contribution is 2.27. The van der Waals surface area contributed by atoms with E-state index in [9.17, 15) is 13.2 Å². The maximum atomic E-state index is 12.8. The molecule has 2 N–H and O–H groups in total. The highest BCUT2D eigenvalue weighted by Gasteiger charge is 2.45. The zero-order valence-electron chi connectivity index (χ0n) is 10.7. The summed E-state index contributed by atoms with van der Waals surface area (Å²) in [4.78, 5) is 3.50. The Hall–Kier alpha value is -0.330. The Morgan fingerprint density at radius 1 is 1.47 bits per heavy atom. The summed E-state index contributed by atoms with van der Waals surface area (Å²) >= 11 is 0. The van der Waals surface area contributed by atoms with E-state index in [-0.39, 0.29) is 0 Å². The van der Waals surface area contributed by atoms with Crippen LogP contribution in [0.25, 0.3) is 0 Å². The van der Waals surface area contributed by atoms with E-state index in [1.54, 1.807) is 0 Å². The Morgan fingerprint density at radius 2 is 2.06 bits per heavy atom. The van der Waals surface area contributed by atoms with Gasteiger partial charge in [-0.3, -0.25) is 4.90 Å². The molecule has 0 aromatic rings. The number of halogens is 3. The van der Waals surface area contributed by atoms with Gasteiger partial charge in [0.2, 0.25) is 0 Å². The standard InChI is InChI=1S/C11H22F3N3/c1-8(15)10(11(12,13)14)17(3)7-9-4-5-16(2)6-9/h8-10H,4-7,15H2,1-3H3. The molecule has 1 aliphatic heterocycles. The fourth-order valence-electron chi connectivity index (χ4n) is 2.65. The lowest BCUT2D eigenvalue weighted by Gasteiger charge is -2.34. The number of rotatable bonds is 4. The third-order valence-corrected chi connectivity index (χ3v) is 3.34. The zero-order chi connectivity index (χ0) is 13.2. The number of nitrogens with two attached hydrogens (primary N) is 1. The lowest BCUT2D eigenvalue weighted by atomic mass is 10.0. The first-order valence-electron chi connectivity index (χ1n) is 5.93. The molecule has 0 aromatic heterocycles. The van der Waals surface area contributed by atoms with Gasteiger partial charge in [-0.25, -0.2) is 0 Å². The SMILES string of the molecule is CC(N)C(N(C)CC1CCN(C)C1)C(F)(F)F. The average Bonchev–Trinajstić information content (AvgIpc) is 2.46. The van der Waals surface area contributed by atoms with E-state index in [1.165, 1.54) is 18.9 Å². The van der Waals surface area contributed by atoms with Crippen molar-refractivity contribution < 1.29 is 13.2 Å². The second-order valence-corrected chi connectivity index (χ2v) is 5.20. The average molecular weight is 253 g/mol. The molecular weight excluding hydrogens is 231 g/mol. The molecule has 0 spiro atoms. The molecule has 3 unspecified atom stereocenters. The minimum atomic E-state index is -4.26. The summed E-state index contributed by atoms with van der Waals surface area (Å²) in [6, 6.07) is -2.45. The fourth-order valence-corrected chi connectivity index (χ4v) is 2.65. The number of likely N-dealkylation sites (tertiary alicyclic amines) is 1. The van der Waals surface area contributed by atoms with Gasteiger partial charge in [-0.1, -0.05) is 0 Å². The first-order valence-corrected chi connectivity index (χ1v) is 5.93. The van der Waals surface area contributed by atoms with Crippen LogP contribution >= 0.6 is 0 Å². The van der Waals surface area contributed by atoms with E-state index < -0.39 is 18.3 Å². The molecular formula is C11H22F3N3. The molecule has 0 amide bonds. The van der Waals surface area contributed by atoms with Crippen molar-refractivity contribution in [2.24, 2.45) is 11.7 Å². The molecule has 0 radical (unpaired) electrons. The van der Waals surface area contributed by atoms with Crippen LogP contribution in [0.15, 0.2) is 0 Å². The maximum absolute atomic E-state index is 12.8. The van der Waals surface area contributed by atoms with Crippen molar-refractivity contribution in [1.82, 2.24) is 9.80 Å². The zero-order valence-corrected chi connectivity index (χ0v) is 10.7. The molecule has 1 fully saturated rings. The Labute approximate surface area is 101 Å². The van der Waals surface area contributed by atoms with Gasteiger partial charge in [-0.15, -0.1) is 0 Å². The highest BCUT2D eigenvalue weighted by molar-refractivity contribution is 4.86. The predicted molar refractivity (Wildman–Crippen MR) is 61.7 cm³/mol. The number of hydrogen-bond acceptors (Lipinski definition) is 3. The monoisotopic (exact) mass is 253 g/mol. The van der Waals surface area contributed by atoms with Gasteiger partial charge in [0.1, 0.15) is 6.04 Å². The number of hydrogen-bond donors (Lipinski definition) is 1. The van der Waals surface area contributed by atoms with Crippen molar-refractivity contribution >= 4 is 0 Å². The van der Waals surface area contributed by atoms with Gasteiger partial charge in [0.15, 0.2) is 0 Å². The molecule has 0 bridgehead atoms. The lowest BCUT2D eigenvalue weighted by molar-refractivity contribution is -0.185. The topological polar surface area (TPSA) is 32.5 Å². The summed E-state index contributed by atoms with van der Waals surface area (Å²) in [5, 5.41) is 0. The van der Waals surface area contributed by atoms with E-state index >= 15 is 0 Å². The van der Waals surface area contributed by atoms with Gasteiger partial charge in [0.05, 0.1) is 0 Å². The lowest BCUT2D eigenvalue weighted by Crippen LogP contribution is -2.54. The molecule has 0 aliphatic carbocycles. The first kappa shape index (κ1) is 14.7. The predicted octanol–water partition coefficient (Wildman–Crippen LogP) is 1.15. The van der Waals surface area contributed by atoms with Crippen molar-refractivity contribution in [2.45, 2.75) is 31.6 Å². The van der Waals surface area contributed by atoms with Gasteiger partial charge in [0.25, 0.3) is 0 Å². The van der Waals surface area contributed by atoms with E-state index in [0.717, 1.165) is 19.5 Å². The molecule has 1 saturated heterocycles. The Bertz CT molecular complexity index is 243. The quantitative estimate of drug-likeness (QED) is 0.815. The van der Waals surface area contributed by atoms with Crippen molar-refractivity contribution in [2.75, 3.05) is 33.7 Å². The van der Waals surface area contributed by atoms with Crippen LogP contribution in [0.3, 0.4) is 0 Å². The van der Waals surface area contributed by atoms with Crippen molar-refractivity contribution in [3.05, 3.63) is 0 Å². The molecule has 3 nitrogen and oxygen atoms in total. The van der Waals surface area contributed by atoms with Crippen LogP contribution in [-0.4, -0.2) is 61.8 Å². The smallest absolute Gasteiger partial charge is 0.326 e. The molecule has 1 aliphatic rings. The molecule has 6 heteroatoms. The molecule has 17 heavy (non-hydrogen) atoms. The fraction of sp³-hybridized carbons (Fsp3) is 1.00. The van der Waals surface area contributed by atoms with Crippen LogP contribution in [0.2, 0.25) is 0 Å². The maximum Gasteiger partial charge on any atom is 0.405 e. The van der Waals surface area contributed by atoms with Gasteiger partial charge in [-0.05, 0) is 39.9 Å². The van der Waals surface area contributed by atoms with E-state index in [1.807, 2.05) is 7.05 Å². The van der Waals surface area contributed by atoms with Crippen LogP contribution in [0.1, 0.15) is 13.3 Å². The van der Waals surface area contributed by atoms with Crippen molar-refractivity contribution in [3.8, 4) is 0 Å². The Balaban J connectivity index is 2.57.